The number of hydrogen-bond acceptors (Lipinski definition) is 4. The highest BCUT2D eigenvalue weighted by Gasteiger charge is 2.31. The van der Waals surface area contributed by atoms with Crippen LogP contribution in [0, 0.1) is 11.7 Å². The number of benzene rings is 1. The first-order valence-corrected chi connectivity index (χ1v) is 11.0. The van der Waals surface area contributed by atoms with Crippen LogP contribution in [0.2, 0.25) is 0 Å². The third-order valence-corrected chi connectivity index (χ3v) is 6.37. The Morgan fingerprint density at radius 1 is 1.03 bits per heavy atom. The lowest BCUT2D eigenvalue weighted by Crippen LogP contribution is -2.50. The van der Waals surface area contributed by atoms with E-state index < -0.39 is 0 Å². The largest absolute Gasteiger partial charge is 0.349 e. The summed E-state index contributed by atoms with van der Waals surface area (Å²) in [6.07, 6.45) is 4.77. The van der Waals surface area contributed by atoms with Crippen LogP contribution in [0.3, 0.4) is 0 Å². The minimum absolute atomic E-state index is 0.0729. The highest BCUT2D eigenvalue weighted by Crippen LogP contribution is 2.27. The molecule has 7 heteroatoms. The lowest BCUT2D eigenvalue weighted by molar-refractivity contribution is -0.138. The molecular weight excluding hydrogens is 395 g/mol. The molecular formula is C24H29FN4O2. The molecule has 2 aromatic rings. The number of nitrogens with zero attached hydrogens (tertiary/aromatic N) is 3. The quantitative estimate of drug-likeness (QED) is 0.820. The Bertz CT molecular complexity index is 917. The third kappa shape index (κ3) is 5.28. The van der Waals surface area contributed by atoms with Gasteiger partial charge in [-0.3, -0.25) is 14.6 Å². The van der Waals surface area contributed by atoms with Gasteiger partial charge in [-0.2, -0.15) is 0 Å². The number of piperazine rings is 1. The van der Waals surface area contributed by atoms with E-state index in [9.17, 15) is 14.0 Å². The topological polar surface area (TPSA) is 65.5 Å². The Balaban J connectivity index is 1.27. The second-order valence-electron chi connectivity index (χ2n) is 8.59. The van der Waals surface area contributed by atoms with Crippen LogP contribution in [0.1, 0.15) is 36.0 Å². The molecule has 0 unspecified atom stereocenters. The summed E-state index contributed by atoms with van der Waals surface area (Å²) in [5.74, 6) is -0.131. The van der Waals surface area contributed by atoms with E-state index in [1.165, 1.54) is 18.3 Å². The SMILES string of the molecule is CN1CCN(C(=O)[C@H]2CC[C@H](NC(=O)c3ccc(-c4cccc(F)c4)nc3)CC2)CC1. The van der Waals surface area contributed by atoms with Gasteiger partial charge in [-0.1, -0.05) is 12.1 Å². The van der Waals surface area contributed by atoms with Gasteiger partial charge in [-0.05, 0) is 57.0 Å². The maximum Gasteiger partial charge on any atom is 0.253 e. The average Bonchev–Trinajstić information content (AvgIpc) is 2.80. The van der Waals surface area contributed by atoms with Gasteiger partial charge in [0.1, 0.15) is 5.82 Å². The predicted octanol–water partition coefficient (Wildman–Crippen LogP) is 2.95. The number of carbonyl (C=O) groups is 2. The summed E-state index contributed by atoms with van der Waals surface area (Å²) in [7, 11) is 2.08. The lowest BCUT2D eigenvalue weighted by Gasteiger charge is -2.36. The summed E-state index contributed by atoms with van der Waals surface area (Å²) in [5.41, 5.74) is 1.78. The summed E-state index contributed by atoms with van der Waals surface area (Å²) in [4.78, 5) is 33.9. The fraction of sp³-hybridized carbons (Fsp3) is 0.458. The fourth-order valence-electron chi connectivity index (χ4n) is 4.39. The minimum atomic E-state index is -0.317. The molecule has 164 valence electrons. The Hall–Kier alpha value is -2.80. The number of hydrogen-bond donors (Lipinski definition) is 1. The number of amides is 2. The van der Waals surface area contributed by atoms with Gasteiger partial charge in [0.05, 0.1) is 11.3 Å². The van der Waals surface area contributed by atoms with Gasteiger partial charge in [-0.25, -0.2) is 4.39 Å². The maximum absolute atomic E-state index is 13.4. The van der Waals surface area contributed by atoms with E-state index in [1.54, 1.807) is 24.3 Å². The summed E-state index contributed by atoms with van der Waals surface area (Å²) in [6.45, 7) is 3.49. The second kappa shape index (κ2) is 9.56. The Morgan fingerprint density at radius 3 is 2.42 bits per heavy atom. The first kappa shape index (κ1) is 21.4. The first-order chi connectivity index (χ1) is 15.0. The van der Waals surface area contributed by atoms with Gasteiger partial charge >= 0.3 is 0 Å². The standard InChI is InChI=1S/C24H29FN4O2/c1-28-11-13-29(14-12-28)24(31)17-5-8-21(9-6-17)27-23(30)19-7-10-22(26-16-19)18-3-2-4-20(25)15-18/h2-4,7,10,15-17,21H,5-6,8-9,11-14H2,1H3,(H,27,30)/t17-,21-. The highest BCUT2D eigenvalue weighted by atomic mass is 19.1. The molecule has 2 heterocycles. The molecule has 1 N–H and O–H groups in total. The van der Waals surface area contributed by atoms with E-state index in [0.717, 1.165) is 51.9 Å². The highest BCUT2D eigenvalue weighted by molar-refractivity contribution is 5.94. The van der Waals surface area contributed by atoms with Crippen molar-refractivity contribution in [3.05, 3.63) is 54.0 Å². The lowest BCUT2D eigenvalue weighted by atomic mass is 9.85. The van der Waals surface area contributed by atoms with Crippen LogP contribution >= 0.6 is 0 Å². The molecule has 1 aromatic carbocycles. The van der Waals surface area contributed by atoms with Crippen LogP contribution in [-0.2, 0) is 4.79 Å². The van der Waals surface area contributed by atoms with Crippen molar-refractivity contribution in [1.82, 2.24) is 20.1 Å². The molecule has 2 amide bonds. The van der Waals surface area contributed by atoms with Gasteiger partial charge in [0, 0.05) is 49.9 Å². The molecule has 1 saturated carbocycles. The molecule has 6 nitrogen and oxygen atoms in total. The molecule has 0 atom stereocenters. The molecule has 1 saturated heterocycles. The summed E-state index contributed by atoms with van der Waals surface area (Å²) >= 11 is 0. The van der Waals surface area contributed by atoms with Crippen molar-refractivity contribution in [3.63, 3.8) is 0 Å². The zero-order chi connectivity index (χ0) is 21.8. The number of likely N-dealkylation sites (N-methyl/N-ethyl adjacent to an activating group) is 1. The van der Waals surface area contributed by atoms with Crippen LogP contribution < -0.4 is 5.32 Å². The zero-order valence-corrected chi connectivity index (χ0v) is 17.9. The number of carbonyl (C=O) groups excluding carboxylic acids is 2. The molecule has 0 radical (unpaired) electrons. The van der Waals surface area contributed by atoms with Crippen molar-refractivity contribution in [2.24, 2.45) is 5.92 Å². The Labute approximate surface area is 182 Å². The monoisotopic (exact) mass is 424 g/mol. The van der Waals surface area contributed by atoms with Crippen LogP contribution in [0.5, 0.6) is 0 Å². The van der Waals surface area contributed by atoms with Gasteiger partial charge in [0.15, 0.2) is 0 Å². The molecule has 4 rings (SSSR count). The molecule has 1 aliphatic carbocycles. The van der Waals surface area contributed by atoms with Gasteiger partial charge in [0.2, 0.25) is 5.91 Å². The molecule has 2 fully saturated rings. The molecule has 0 bridgehead atoms. The molecule has 1 aromatic heterocycles. The third-order valence-electron chi connectivity index (χ3n) is 6.37. The molecule has 31 heavy (non-hydrogen) atoms. The number of rotatable bonds is 4. The Morgan fingerprint density at radius 2 is 1.77 bits per heavy atom. The number of halogens is 1. The van der Waals surface area contributed by atoms with Crippen molar-refractivity contribution < 1.29 is 14.0 Å². The summed E-state index contributed by atoms with van der Waals surface area (Å²) < 4.78 is 13.4. The summed E-state index contributed by atoms with van der Waals surface area (Å²) in [6, 6.07) is 9.75. The number of pyridine rings is 1. The van der Waals surface area contributed by atoms with E-state index >= 15 is 0 Å². The molecule has 1 aliphatic heterocycles. The van der Waals surface area contributed by atoms with Crippen LogP contribution in [0.4, 0.5) is 4.39 Å². The smallest absolute Gasteiger partial charge is 0.253 e. The van der Waals surface area contributed by atoms with E-state index in [-0.39, 0.29) is 29.6 Å². The van der Waals surface area contributed by atoms with Crippen molar-refractivity contribution in [2.75, 3.05) is 33.2 Å². The summed E-state index contributed by atoms with van der Waals surface area (Å²) in [5, 5.41) is 3.08. The number of nitrogens with one attached hydrogen (secondary N) is 1. The molecule has 2 aliphatic rings. The zero-order valence-electron chi connectivity index (χ0n) is 17.9. The van der Waals surface area contributed by atoms with Gasteiger partial charge in [0.25, 0.3) is 5.91 Å². The maximum atomic E-state index is 13.4. The van der Waals surface area contributed by atoms with Crippen molar-refractivity contribution in [3.8, 4) is 11.3 Å². The second-order valence-corrected chi connectivity index (χ2v) is 8.59. The van der Waals surface area contributed by atoms with Crippen LogP contribution in [0.25, 0.3) is 11.3 Å². The van der Waals surface area contributed by atoms with E-state index in [4.69, 9.17) is 0 Å². The van der Waals surface area contributed by atoms with E-state index in [0.29, 0.717) is 16.8 Å². The van der Waals surface area contributed by atoms with Crippen LogP contribution in [0.15, 0.2) is 42.6 Å². The minimum Gasteiger partial charge on any atom is -0.349 e. The van der Waals surface area contributed by atoms with Crippen molar-refractivity contribution in [2.45, 2.75) is 31.7 Å². The first-order valence-electron chi connectivity index (χ1n) is 11.0. The Kier molecular flexibility index (Phi) is 6.61. The van der Waals surface area contributed by atoms with Crippen LogP contribution in [-0.4, -0.2) is 65.9 Å². The predicted molar refractivity (Wildman–Crippen MR) is 117 cm³/mol. The fourth-order valence-corrected chi connectivity index (χ4v) is 4.39. The normalized spacial score (nSPS) is 22.2. The van der Waals surface area contributed by atoms with Gasteiger partial charge < -0.3 is 15.1 Å². The van der Waals surface area contributed by atoms with Gasteiger partial charge in [-0.15, -0.1) is 0 Å². The van der Waals surface area contributed by atoms with Crippen molar-refractivity contribution in [1.29, 1.82) is 0 Å². The average molecular weight is 425 g/mol. The van der Waals surface area contributed by atoms with E-state index in [1.807, 2.05) is 4.90 Å². The van der Waals surface area contributed by atoms with Crippen molar-refractivity contribution >= 4 is 11.8 Å². The van der Waals surface area contributed by atoms with E-state index in [2.05, 4.69) is 22.2 Å². The number of aromatic nitrogens is 1. The molecule has 0 spiro atoms.